The fourth-order valence-electron chi connectivity index (χ4n) is 3.61. The molecule has 0 spiro atoms. The van der Waals surface area contributed by atoms with E-state index in [1.54, 1.807) is 9.36 Å². The Labute approximate surface area is 257 Å². The lowest BCUT2D eigenvalue weighted by Gasteiger charge is -1.99. The molecule has 0 saturated carbocycles. The molecule has 0 aliphatic rings. The van der Waals surface area contributed by atoms with Gasteiger partial charge in [0.2, 0.25) is 0 Å². The first-order valence-corrected chi connectivity index (χ1v) is 13.8. The van der Waals surface area contributed by atoms with Crippen LogP contribution in [0.1, 0.15) is 22.3 Å². The van der Waals surface area contributed by atoms with Gasteiger partial charge in [0.15, 0.2) is 17.3 Å². The first-order chi connectivity index (χ1) is 20.7. The highest BCUT2D eigenvalue weighted by atomic mass is 35.5. The largest absolute Gasteiger partial charge is 0.238 e. The van der Waals surface area contributed by atoms with Crippen molar-refractivity contribution in [2.75, 3.05) is 0 Å². The van der Waals surface area contributed by atoms with Gasteiger partial charge in [0.25, 0.3) is 0 Å². The fraction of sp³-hybridized carbons (Fsp3) is 0.182. The molecule has 0 amide bonds. The molecule has 218 valence electrons. The molecule has 0 aliphatic heterocycles. The van der Waals surface area contributed by atoms with Crippen molar-refractivity contribution in [3.8, 4) is 22.8 Å². The van der Waals surface area contributed by atoms with Crippen molar-refractivity contribution in [1.29, 1.82) is 0 Å². The zero-order valence-corrected chi connectivity index (χ0v) is 25.9. The highest BCUT2D eigenvalue weighted by Gasteiger charge is 2.05. The lowest BCUT2D eigenvalue weighted by Crippen LogP contribution is -1.94. The maximum absolute atomic E-state index is 6.64. The second-order valence-corrected chi connectivity index (χ2v) is 10.1. The molecule has 2 heterocycles. The molecule has 0 fully saturated rings. The van der Waals surface area contributed by atoms with Crippen LogP contribution in [-0.4, -0.2) is 40.4 Å². The second-order valence-electron chi connectivity index (χ2n) is 9.68. The molecule has 0 aliphatic carbocycles. The normalized spacial score (nSPS) is 9.72. The minimum atomic E-state index is 0.709. The summed E-state index contributed by atoms with van der Waals surface area (Å²) in [6.07, 6.45) is 0. The summed E-state index contributed by atoms with van der Waals surface area (Å²) in [5, 5.41) is 23.4. The molecule has 2 aromatic heterocycles. The van der Waals surface area contributed by atoms with Gasteiger partial charge in [0.05, 0.1) is 6.57 Å². The van der Waals surface area contributed by atoms with Gasteiger partial charge in [-0.2, -0.15) is 0 Å². The Balaban J connectivity index is 0.000000160. The van der Waals surface area contributed by atoms with Gasteiger partial charge in [0.1, 0.15) is 0 Å². The van der Waals surface area contributed by atoms with Crippen LogP contribution in [0.5, 0.6) is 0 Å². The van der Waals surface area contributed by atoms with Crippen molar-refractivity contribution in [1.82, 2.24) is 40.4 Å². The molecular weight excluding hydrogens is 558 g/mol. The summed E-state index contributed by atoms with van der Waals surface area (Å²) in [6.45, 7) is 14.7. The Morgan fingerprint density at radius 2 is 1.14 bits per heavy atom. The van der Waals surface area contributed by atoms with Gasteiger partial charge in [-0.3, -0.25) is 0 Å². The van der Waals surface area contributed by atoms with Crippen LogP contribution in [-0.2, 0) is 14.1 Å². The molecule has 6 rings (SSSR count). The van der Waals surface area contributed by atoms with Gasteiger partial charge in [-0.1, -0.05) is 113 Å². The van der Waals surface area contributed by atoms with Crippen LogP contribution in [0.3, 0.4) is 0 Å². The molecule has 43 heavy (non-hydrogen) atoms. The van der Waals surface area contributed by atoms with Gasteiger partial charge in [-0.05, 0) is 66.2 Å². The number of hydrogen-bond acceptors (Lipinski definition) is 6. The summed E-state index contributed by atoms with van der Waals surface area (Å²) in [6, 6.07) is 31.5. The monoisotopic (exact) mass is 591 g/mol. The first-order valence-electron chi connectivity index (χ1n) is 13.4. The van der Waals surface area contributed by atoms with Gasteiger partial charge in [-0.15, -0.1) is 10.2 Å². The van der Waals surface area contributed by atoms with Gasteiger partial charge >= 0.3 is 0 Å². The third-order valence-corrected chi connectivity index (χ3v) is 6.49. The molecule has 9 nitrogen and oxygen atoms in total. The summed E-state index contributed by atoms with van der Waals surface area (Å²) in [7, 11) is 3.66. The minimum absolute atomic E-state index is 0.709. The summed E-state index contributed by atoms with van der Waals surface area (Å²) >= 11 is 5.71. The van der Waals surface area contributed by atoms with Crippen molar-refractivity contribution in [3.05, 3.63) is 136 Å². The second kappa shape index (κ2) is 16.3. The van der Waals surface area contributed by atoms with Crippen molar-refractivity contribution in [2.24, 2.45) is 14.1 Å². The number of halogens is 1. The number of tetrazole rings is 2. The van der Waals surface area contributed by atoms with Crippen molar-refractivity contribution >= 4 is 17.3 Å². The van der Waals surface area contributed by atoms with Crippen LogP contribution < -0.4 is 0 Å². The van der Waals surface area contributed by atoms with E-state index < -0.39 is 0 Å². The first kappa shape index (κ1) is 32.3. The molecule has 6 aromatic rings. The number of hydrogen-bond donors (Lipinski definition) is 0. The Morgan fingerprint density at radius 3 is 1.58 bits per heavy atom. The number of benzene rings is 4. The predicted octanol–water partition coefficient (Wildman–Crippen LogP) is 7.57. The fourth-order valence-corrected chi connectivity index (χ4v) is 3.74. The number of nitrogens with zero attached hydrogens (tertiary/aromatic N) is 9. The summed E-state index contributed by atoms with van der Waals surface area (Å²) in [4.78, 5) is 3.26. The average Bonchev–Trinajstić information content (AvgIpc) is 3.64. The van der Waals surface area contributed by atoms with Crippen molar-refractivity contribution in [2.45, 2.75) is 27.7 Å². The Hall–Kier alpha value is -5.20. The third kappa shape index (κ3) is 10.3. The van der Waals surface area contributed by atoms with Crippen molar-refractivity contribution < 1.29 is 0 Å². The smallest absolute Gasteiger partial charge is 0.187 e. The Morgan fingerprint density at radius 1 is 0.605 bits per heavy atom. The van der Waals surface area contributed by atoms with E-state index in [0.717, 1.165) is 33.4 Å². The number of rotatable bonds is 2. The van der Waals surface area contributed by atoms with E-state index in [1.165, 1.54) is 16.7 Å². The van der Waals surface area contributed by atoms with E-state index in [0.29, 0.717) is 5.69 Å². The average molecular weight is 592 g/mol. The zero-order chi connectivity index (χ0) is 31.2. The van der Waals surface area contributed by atoms with E-state index in [1.807, 2.05) is 126 Å². The van der Waals surface area contributed by atoms with Crippen LogP contribution in [0.25, 0.3) is 27.6 Å². The van der Waals surface area contributed by atoms with E-state index in [9.17, 15) is 0 Å². The molecular formula is C33H34ClN9. The van der Waals surface area contributed by atoms with Crippen LogP contribution >= 0.6 is 11.6 Å². The van der Waals surface area contributed by atoms with Crippen LogP contribution in [0.15, 0.2) is 97.1 Å². The van der Waals surface area contributed by atoms with Crippen LogP contribution in [0.2, 0.25) is 5.02 Å². The third-order valence-electron chi connectivity index (χ3n) is 6.07. The standard InChI is InChI=1S/2C9H10N4.C8H7N.C7H7Cl/c1-7-3-5-8(6-4-7)9-10-11-12-13(9)2;1-7-4-3-5-8(6-7)9-10-11-12-13(9)2;1-7-3-5-8(9-2)6-4-7;1-6-4-2-3-5-7(6)8/h2*3-6H,1-2H3;3-6H,1H3;2-5H,1H3. The molecule has 0 bridgehead atoms. The highest BCUT2D eigenvalue weighted by molar-refractivity contribution is 6.31. The van der Waals surface area contributed by atoms with Gasteiger partial charge < -0.3 is 0 Å². The predicted molar refractivity (Wildman–Crippen MR) is 172 cm³/mol. The van der Waals surface area contributed by atoms with Gasteiger partial charge in [-0.25, -0.2) is 14.2 Å². The summed E-state index contributed by atoms with van der Waals surface area (Å²) in [5.74, 6) is 1.59. The molecule has 0 saturated heterocycles. The van der Waals surface area contributed by atoms with Gasteiger partial charge in [0, 0.05) is 30.2 Å². The Bertz CT molecular complexity index is 1730. The minimum Gasteiger partial charge on any atom is -0.238 e. The number of aromatic nitrogens is 8. The maximum atomic E-state index is 6.64. The molecule has 0 atom stereocenters. The molecule has 4 aromatic carbocycles. The van der Waals surface area contributed by atoms with Crippen LogP contribution in [0.4, 0.5) is 5.69 Å². The SMILES string of the molecule is Cc1ccc(-c2nnnn2C)cc1.Cc1cccc(-c2nnnn2C)c1.Cc1ccccc1Cl.[C-]#[N+]c1ccc(C)cc1. The highest BCUT2D eigenvalue weighted by Crippen LogP contribution is 2.16. The molecule has 0 N–H and O–H groups in total. The number of aryl methyl sites for hydroxylation is 6. The van der Waals surface area contributed by atoms with E-state index in [2.05, 4.69) is 48.9 Å². The molecule has 0 unspecified atom stereocenters. The summed E-state index contributed by atoms with van der Waals surface area (Å²) in [5.41, 5.74) is 7.57. The van der Waals surface area contributed by atoms with Crippen molar-refractivity contribution in [3.63, 3.8) is 0 Å². The topological polar surface area (TPSA) is 91.6 Å². The lowest BCUT2D eigenvalue weighted by molar-refractivity contribution is 0.714. The Kier molecular flexibility index (Phi) is 12.2. The molecule has 0 radical (unpaired) electrons. The maximum Gasteiger partial charge on any atom is 0.187 e. The lowest BCUT2D eigenvalue weighted by atomic mass is 10.1. The van der Waals surface area contributed by atoms with E-state index in [4.69, 9.17) is 18.2 Å². The summed E-state index contributed by atoms with van der Waals surface area (Å²) < 4.78 is 3.32. The zero-order valence-electron chi connectivity index (χ0n) is 25.1. The quantitative estimate of drug-likeness (QED) is 0.193. The van der Waals surface area contributed by atoms with E-state index in [-0.39, 0.29) is 0 Å². The van der Waals surface area contributed by atoms with E-state index >= 15 is 0 Å². The van der Waals surface area contributed by atoms with Crippen LogP contribution in [0, 0.1) is 34.3 Å². The molecule has 10 heteroatoms.